The van der Waals surface area contributed by atoms with E-state index in [1.54, 1.807) is 12.1 Å². The molecule has 0 bridgehead atoms. The van der Waals surface area contributed by atoms with Gasteiger partial charge in [-0.15, -0.1) is 4.31 Å². The fourth-order valence-corrected chi connectivity index (χ4v) is 3.77. The summed E-state index contributed by atoms with van der Waals surface area (Å²) in [6.45, 7) is 6.82. The lowest BCUT2D eigenvalue weighted by Crippen LogP contribution is -2.42. The van der Waals surface area contributed by atoms with Crippen LogP contribution in [-0.4, -0.2) is 20.1 Å². The minimum atomic E-state index is -1.01. The number of rotatable bonds is 2. The standard InChI is InChI=1S/C14H20FNOS/c1-14(2,3)18(17)16-10-4-5-13(16)11-6-8-12(15)9-7-11/h6-9,13H,4-5,10H2,1-3H3/t13-,18+/m1/s1. The molecular weight excluding hydrogens is 249 g/mol. The lowest BCUT2D eigenvalue weighted by molar-refractivity contribution is 0.380. The first kappa shape index (κ1) is 13.8. The van der Waals surface area contributed by atoms with Crippen molar-refractivity contribution >= 4 is 11.4 Å². The minimum absolute atomic E-state index is 0.158. The first-order valence-electron chi connectivity index (χ1n) is 6.34. The van der Waals surface area contributed by atoms with Crippen molar-refractivity contribution in [1.29, 1.82) is 0 Å². The molecule has 100 valence electrons. The maximum absolute atomic E-state index is 12.9. The van der Waals surface area contributed by atoms with E-state index in [-0.39, 0.29) is 16.6 Å². The number of hydrogen-bond acceptors (Lipinski definition) is 2. The van der Waals surface area contributed by atoms with Gasteiger partial charge in [-0.25, -0.2) is 4.39 Å². The van der Waals surface area contributed by atoms with Crippen LogP contribution < -0.4 is 0 Å². The molecule has 2 atom stereocenters. The third-order valence-corrected chi connectivity index (χ3v) is 5.11. The SMILES string of the molecule is CC(C)(C)[S@+]([O-])N1CCC[C@@H]1c1ccc(F)cc1. The lowest BCUT2D eigenvalue weighted by Gasteiger charge is -2.33. The molecule has 1 saturated heterocycles. The van der Waals surface area contributed by atoms with Crippen molar-refractivity contribution in [3.63, 3.8) is 0 Å². The molecule has 2 nitrogen and oxygen atoms in total. The van der Waals surface area contributed by atoms with Gasteiger partial charge in [0.1, 0.15) is 10.6 Å². The molecule has 2 rings (SSSR count). The smallest absolute Gasteiger partial charge is 0.137 e. The summed E-state index contributed by atoms with van der Waals surface area (Å²) < 4.78 is 27.2. The number of hydrogen-bond donors (Lipinski definition) is 0. The molecule has 0 aliphatic carbocycles. The van der Waals surface area contributed by atoms with Gasteiger partial charge in [-0.1, -0.05) is 12.1 Å². The van der Waals surface area contributed by atoms with Gasteiger partial charge in [0.2, 0.25) is 0 Å². The van der Waals surface area contributed by atoms with E-state index in [0.29, 0.717) is 0 Å². The second kappa shape index (κ2) is 5.19. The highest BCUT2D eigenvalue weighted by atomic mass is 32.2. The van der Waals surface area contributed by atoms with E-state index in [1.165, 1.54) is 12.1 Å². The molecule has 0 aromatic heterocycles. The van der Waals surface area contributed by atoms with Crippen LogP contribution in [0.15, 0.2) is 24.3 Å². The Morgan fingerprint density at radius 3 is 2.44 bits per heavy atom. The van der Waals surface area contributed by atoms with Crippen molar-refractivity contribution in [3.8, 4) is 0 Å². The molecule has 1 aromatic carbocycles. The van der Waals surface area contributed by atoms with Crippen LogP contribution in [0.2, 0.25) is 0 Å². The number of benzene rings is 1. The first-order valence-corrected chi connectivity index (χ1v) is 7.44. The van der Waals surface area contributed by atoms with E-state index in [0.717, 1.165) is 24.9 Å². The topological polar surface area (TPSA) is 26.3 Å². The predicted molar refractivity (Wildman–Crippen MR) is 73.0 cm³/mol. The molecule has 0 radical (unpaired) electrons. The van der Waals surface area contributed by atoms with Crippen molar-refractivity contribution < 1.29 is 8.94 Å². The molecule has 0 saturated carbocycles. The summed E-state index contributed by atoms with van der Waals surface area (Å²) in [4.78, 5) is 0. The highest BCUT2D eigenvalue weighted by Gasteiger charge is 2.40. The van der Waals surface area contributed by atoms with Crippen LogP contribution >= 0.6 is 0 Å². The molecule has 18 heavy (non-hydrogen) atoms. The van der Waals surface area contributed by atoms with Crippen molar-refractivity contribution in [2.45, 2.75) is 44.4 Å². The van der Waals surface area contributed by atoms with Crippen LogP contribution in [0, 0.1) is 5.82 Å². The minimum Gasteiger partial charge on any atom is -0.597 e. The zero-order valence-corrected chi connectivity index (χ0v) is 12.0. The van der Waals surface area contributed by atoms with E-state index in [1.807, 2.05) is 25.1 Å². The van der Waals surface area contributed by atoms with Crippen LogP contribution in [0.4, 0.5) is 4.39 Å². The molecule has 1 fully saturated rings. The van der Waals surface area contributed by atoms with Crippen LogP contribution in [0.5, 0.6) is 0 Å². The van der Waals surface area contributed by atoms with Crippen LogP contribution in [0.25, 0.3) is 0 Å². The van der Waals surface area contributed by atoms with E-state index < -0.39 is 11.4 Å². The average Bonchev–Trinajstić information content (AvgIpc) is 2.76. The van der Waals surface area contributed by atoms with Gasteiger partial charge in [0.05, 0.1) is 6.04 Å². The Balaban J connectivity index is 2.20. The quantitative estimate of drug-likeness (QED) is 0.769. The van der Waals surface area contributed by atoms with Gasteiger partial charge < -0.3 is 4.55 Å². The molecule has 1 heterocycles. The third kappa shape index (κ3) is 2.87. The summed E-state index contributed by atoms with van der Waals surface area (Å²) in [5.41, 5.74) is 1.06. The van der Waals surface area contributed by atoms with E-state index in [2.05, 4.69) is 0 Å². The lowest BCUT2D eigenvalue weighted by atomic mass is 10.1. The van der Waals surface area contributed by atoms with Gasteiger partial charge in [0.15, 0.2) is 0 Å². The molecule has 1 aromatic rings. The summed E-state index contributed by atoms with van der Waals surface area (Å²) in [6.07, 6.45) is 2.04. The Kier molecular flexibility index (Phi) is 3.99. The zero-order valence-electron chi connectivity index (χ0n) is 11.1. The van der Waals surface area contributed by atoms with Crippen molar-refractivity contribution in [2.75, 3.05) is 6.54 Å². The molecule has 4 heteroatoms. The highest BCUT2D eigenvalue weighted by molar-refractivity contribution is 7.90. The normalized spacial score (nSPS) is 23.3. The molecule has 1 aliphatic heterocycles. The Morgan fingerprint density at radius 1 is 1.28 bits per heavy atom. The van der Waals surface area contributed by atoms with E-state index >= 15 is 0 Å². The Hall–Kier alpha value is -0.580. The van der Waals surface area contributed by atoms with Crippen LogP contribution in [0.3, 0.4) is 0 Å². The van der Waals surface area contributed by atoms with Gasteiger partial charge >= 0.3 is 0 Å². The van der Waals surface area contributed by atoms with Crippen LogP contribution in [-0.2, 0) is 11.4 Å². The van der Waals surface area contributed by atoms with Gasteiger partial charge in [0.25, 0.3) is 0 Å². The Morgan fingerprint density at radius 2 is 1.89 bits per heavy atom. The van der Waals surface area contributed by atoms with Gasteiger partial charge in [-0.05, 0) is 51.3 Å². The highest BCUT2D eigenvalue weighted by Crippen LogP contribution is 2.37. The molecule has 0 amide bonds. The third-order valence-electron chi connectivity index (χ3n) is 3.20. The summed E-state index contributed by atoms with van der Waals surface area (Å²) in [6, 6.07) is 6.72. The number of nitrogens with zero attached hydrogens (tertiary/aromatic N) is 1. The molecule has 0 N–H and O–H groups in total. The molecule has 0 spiro atoms. The molecule has 1 aliphatic rings. The summed E-state index contributed by atoms with van der Waals surface area (Å²) in [5.74, 6) is -0.222. The fraction of sp³-hybridized carbons (Fsp3) is 0.571. The monoisotopic (exact) mass is 269 g/mol. The second-order valence-corrected chi connectivity index (χ2v) is 7.90. The fourth-order valence-electron chi connectivity index (χ4n) is 2.31. The van der Waals surface area contributed by atoms with Crippen molar-refractivity contribution in [3.05, 3.63) is 35.6 Å². The van der Waals surface area contributed by atoms with Crippen LogP contribution in [0.1, 0.15) is 45.2 Å². The zero-order chi connectivity index (χ0) is 13.3. The van der Waals surface area contributed by atoms with Gasteiger partial charge in [-0.3, -0.25) is 0 Å². The van der Waals surface area contributed by atoms with Gasteiger partial charge in [-0.2, -0.15) is 0 Å². The first-order chi connectivity index (χ1) is 8.39. The van der Waals surface area contributed by atoms with E-state index in [4.69, 9.17) is 0 Å². The Labute approximate surface area is 112 Å². The van der Waals surface area contributed by atoms with Crippen molar-refractivity contribution in [2.24, 2.45) is 0 Å². The second-order valence-electron chi connectivity index (χ2n) is 5.71. The van der Waals surface area contributed by atoms with E-state index in [9.17, 15) is 8.94 Å². The molecular formula is C14H20FNOS. The van der Waals surface area contributed by atoms with Gasteiger partial charge in [0, 0.05) is 17.9 Å². The maximum atomic E-state index is 12.9. The summed E-state index contributed by atoms with van der Waals surface area (Å²) in [7, 11) is 0. The average molecular weight is 269 g/mol. The predicted octanol–water partition coefficient (Wildman–Crippen LogP) is 3.42. The Bertz CT molecular complexity index is 401. The molecule has 0 unspecified atom stereocenters. The number of halogens is 1. The summed E-state index contributed by atoms with van der Waals surface area (Å²) >= 11 is -1.01. The summed E-state index contributed by atoms with van der Waals surface area (Å²) in [5, 5.41) is 0. The van der Waals surface area contributed by atoms with Crippen molar-refractivity contribution in [1.82, 2.24) is 4.31 Å². The largest absolute Gasteiger partial charge is 0.597 e. The maximum Gasteiger partial charge on any atom is 0.137 e.